The fraction of sp³-hybridized carbons (Fsp3) is 1.00. The number of rotatable bonds is 6. The largest absolute Gasteiger partial charge is 0.504 e. The highest BCUT2D eigenvalue weighted by atomic mass is 28.6. The van der Waals surface area contributed by atoms with E-state index in [-0.39, 0.29) is 0 Å². The molecule has 0 amide bonds. The molecule has 3 fully saturated rings. The Labute approximate surface area is 348 Å². The normalized spacial score (nSPS) is 23.9. The molecule has 10 nitrogen and oxygen atoms in total. The van der Waals surface area contributed by atoms with Crippen LogP contribution in [-0.2, 0) is 0 Å². The quantitative estimate of drug-likeness (QED) is 0.216. The highest BCUT2D eigenvalue weighted by molar-refractivity contribution is 7.21. The summed E-state index contributed by atoms with van der Waals surface area (Å²) >= 11 is 0. The van der Waals surface area contributed by atoms with Crippen molar-refractivity contribution in [2.24, 2.45) is 0 Å². The molecular formula is C32H80B6F4N10Si4. The molecule has 0 unspecified atom stereocenters. The molecule has 0 aromatic heterocycles. The van der Waals surface area contributed by atoms with Gasteiger partial charge in [-0.05, 0) is 210 Å². The van der Waals surface area contributed by atoms with Gasteiger partial charge >= 0.3 is 43.3 Å². The molecule has 24 heteroatoms. The van der Waals surface area contributed by atoms with Gasteiger partial charge in [-0.3, -0.25) is 26.7 Å². The van der Waals surface area contributed by atoms with Gasteiger partial charge in [0.05, 0.1) is 0 Å². The molecule has 0 aromatic carbocycles. The van der Waals surface area contributed by atoms with Crippen molar-refractivity contribution in [1.82, 2.24) is 45.9 Å². The summed E-state index contributed by atoms with van der Waals surface area (Å²) in [5.41, 5.74) is -4.11. The first-order valence-electron chi connectivity index (χ1n) is 20.7. The first-order valence-corrected chi connectivity index (χ1v) is 32.4. The first-order chi connectivity index (χ1) is 24.3. The minimum Gasteiger partial charge on any atom is -0.340 e. The topological polar surface area (TPSA) is 50.0 Å². The van der Waals surface area contributed by atoms with E-state index in [9.17, 15) is 0 Å². The molecule has 0 aliphatic carbocycles. The molecular weight excluding hydrogens is 778 g/mol. The summed E-state index contributed by atoms with van der Waals surface area (Å²) in [5, 5.41) is 0. The van der Waals surface area contributed by atoms with E-state index in [1.54, 1.807) is 0 Å². The Hall–Kier alpha value is 0.577. The summed E-state index contributed by atoms with van der Waals surface area (Å²) in [6.07, 6.45) is 0. The van der Waals surface area contributed by atoms with Crippen molar-refractivity contribution in [3.05, 3.63) is 0 Å². The van der Waals surface area contributed by atoms with Crippen molar-refractivity contribution in [3.63, 3.8) is 0 Å². The van der Waals surface area contributed by atoms with E-state index < -0.39 is 110 Å². The zero-order valence-electron chi connectivity index (χ0n) is 40.6. The van der Waals surface area contributed by atoms with Gasteiger partial charge in [0.1, 0.15) is 0 Å². The average Bonchev–Trinajstić information content (AvgIpc) is 2.80. The van der Waals surface area contributed by atoms with Crippen LogP contribution in [0.25, 0.3) is 0 Å². The van der Waals surface area contributed by atoms with E-state index in [4.69, 9.17) is 0 Å². The second-order valence-electron chi connectivity index (χ2n) is 24.5. The fourth-order valence-electron chi connectivity index (χ4n) is 10.8. The lowest BCUT2D eigenvalue weighted by molar-refractivity contribution is 0.183. The molecule has 0 radical (unpaired) electrons. The molecule has 3 aliphatic rings. The number of hydrogen-bond donors (Lipinski definition) is 2. The van der Waals surface area contributed by atoms with E-state index in [0.29, 0.717) is 0 Å². The minimum atomic E-state index is -2.68. The molecule has 3 heterocycles. The lowest BCUT2D eigenvalue weighted by Gasteiger charge is -2.76. The Bertz CT molecular complexity index is 1250. The van der Waals surface area contributed by atoms with Gasteiger partial charge in [-0.15, -0.1) is 0 Å². The molecule has 3 saturated heterocycles. The maximum Gasteiger partial charge on any atom is 0.504 e. The van der Waals surface area contributed by atoms with Crippen LogP contribution in [0.15, 0.2) is 0 Å². The fourth-order valence-corrected chi connectivity index (χ4v) is 50.2. The SMILES string of the molecule is CC(C)(C)N1B(F)N(C(C)(C)C)B(N[Si](C)(C)N2[Si](C)(C)N([Si](C)(C)NB3N(C(C)(C)C)B(F)N(C(C)(C)C)B(F)N3C(C)(C)C)[Si]2(C)C)N(C(C)(C)C)B1F. The zero-order chi connectivity index (χ0) is 44.5. The number of hydrogen-bond acceptors (Lipinski definition) is 10. The van der Waals surface area contributed by atoms with Crippen LogP contribution in [0.3, 0.4) is 0 Å². The monoisotopic (exact) mass is 859 g/mol. The molecule has 3 aliphatic heterocycles. The van der Waals surface area contributed by atoms with E-state index in [0.717, 1.165) is 0 Å². The van der Waals surface area contributed by atoms with Crippen LogP contribution in [0, 0.1) is 0 Å². The Morgan fingerprint density at radius 1 is 0.357 bits per heavy atom. The number of halogens is 4. The Morgan fingerprint density at radius 3 is 0.661 bits per heavy atom. The van der Waals surface area contributed by atoms with Crippen LogP contribution in [0.2, 0.25) is 52.4 Å². The maximum absolute atomic E-state index is 17.0. The van der Waals surface area contributed by atoms with Crippen LogP contribution in [0.4, 0.5) is 17.3 Å². The highest BCUT2D eigenvalue weighted by Gasteiger charge is 2.73. The molecule has 0 atom stereocenters. The third kappa shape index (κ3) is 9.19. The highest BCUT2D eigenvalue weighted by Crippen LogP contribution is 2.46. The van der Waals surface area contributed by atoms with Gasteiger partial charge in [0.15, 0.2) is 33.6 Å². The predicted molar refractivity (Wildman–Crippen MR) is 248 cm³/mol. The molecule has 2 N–H and O–H groups in total. The molecule has 0 bridgehead atoms. The minimum absolute atomic E-state index is 0.641. The Balaban J connectivity index is 2.14. The second-order valence-corrected chi connectivity index (χ2v) is 42.7. The maximum atomic E-state index is 17.0. The van der Waals surface area contributed by atoms with Crippen molar-refractivity contribution in [1.29, 1.82) is 0 Å². The molecule has 320 valence electrons. The van der Waals surface area contributed by atoms with Gasteiger partial charge in [-0.1, -0.05) is 0 Å². The van der Waals surface area contributed by atoms with Crippen LogP contribution in [-0.4, -0.2) is 146 Å². The summed E-state index contributed by atoms with van der Waals surface area (Å²) in [4.78, 5) is 8.04. The van der Waals surface area contributed by atoms with Gasteiger partial charge in [0.25, 0.3) is 0 Å². The second kappa shape index (κ2) is 15.1. The van der Waals surface area contributed by atoms with Gasteiger partial charge in [-0.2, -0.15) is 0 Å². The summed E-state index contributed by atoms with van der Waals surface area (Å²) in [7, 11) is -18.4. The van der Waals surface area contributed by atoms with Crippen molar-refractivity contribution in [3.8, 4) is 0 Å². The molecule has 56 heavy (non-hydrogen) atoms. The van der Waals surface area contributed by atoms with Crippen molar-refractivity contribution >= 4 is 76.9 Å². The molecule has 3 rings (SSSR count). The smallest absolute Gasteiger partial charge is 0.340 e. The first kappa shape index (κ1) is 50.9. The summed E-state index contributed by atoms with van der Waals surface area (Å²) in [6.45, 7) is 53.9. The van der Waals surface area contributed by atoms with E-state index in [1.165, 1.54) is 9.44 Å². The van der Waals surface area contributed by atoms with Crippen LogP contribution in [0.5, 0.6) is 0 Å². The zero-order valence-corrected chi connectivity index (χ0v) is 44.6. The third-order valence-electron chi connectivity index (χ3n) is 11.8. The Morgan fingerprint density at radius 2 is 0.518 bits per heavy atom. The lowest BCUT2D eigenvalue weighted by atomic mass is 9.56. The molecule has 0 spiro atoms. The molecule has 0 saturated carbocycles. The van der Waals surface area contributed by atoms with Crippen molar-refractivity contribution in [2.45, 2.75) is 210 Å². The van der Waals surface area contributed by atoms with Gasteiger partial charge in [-0.25, -0.2) is 0 Å². The predicted octanol–water partition coefficient (Wildman–Crippen LogP) is 7.01. The summed E-state index contributed by atoms with van der Waals surface area (Å²) < 4.78 is 83.8. The van der Waals surface area contributed by atoms with Gasteiger partial charge in [0, 0.05) is 0 Å². The average molecular weight is 858 g/mol. The Kier molecular flexibility index (Phi) is 13.8. The third-order valence-corrected chi connectivity index (χ3v) is 40.2. The van der Waals surface area contributed by atoms with Crippen molar-refractivity contribution in [2.75, 3.05) is 0 Å². The van der Waals surface area contributed by atoms with E-state index in [2.05, 4.69) is 70.0 Å². The van der Waals surface area contributed by atoms with Crippen LogP contribution < -0.4 is 9.79 Å². The van der Waals surface area contributed by atoms with Crippen molar-refractivity contribution < 1.29 is 17.3 Å². The van der Waals surface area contributed by atoms with E-state index >= 15 is 17.3 Å². The van der Waals surface area contributed by atoms with Gasteiger partial charge in [0.2, 0.25) is 0 Å². The van der Waals surface area contributed by atoms with E-state index in [1.807, 2.05) is 144 Å². The van der Waals surface area contributed by atoms with Crippen LogP contribution >= 0.6 is 0 Å². The number of nitrogens with one attached hydrogen (secondary N) is 2. The van der Waals surface area contributed by atoms with Crippen LogP contribution in [0.1, 0.15) is 125 Å². The summed E-state index contributed by atoms with van der Waals surface area (Å²) in [6, 6.07) is 0. The molecule has 0 aromatic rings. The summed E-state index contributed by atoms with van der Waals surface area (Å²) in [5.74, 6) is 0. The standard InChI is InChI=1S/C32H80B6F4N10Si4/c1-27(2,3)45-33(39)47(29(7,8)9)37(48(34(45)40)30(10,11)12)43-53(19,20)51-55(23,24)52(56(51,25)26)54(21,22)44-38-49(31(13,14)15)35(41)46(28(4,5)6)36(42)50(38)32(16,17)18/h43-44H,1-26H3. The van der Waals surface area contributed by atoms with Gasteiger partial charge < -0.3 is 36.5 Å². The number of nitrogens with zero attached hydrogens (tertiary/aromatic N) is 8. The lowest BCUT2D eigenvalue weighted by Crippen LogP contribution is -3.02.